The normalized spacial score (nSPS) is 11.3. The van der Waals surface area contributed by atoms with Crippen molar-refractivity contribution in [3.63, 3.8) is 0 Å². The smallest absolute Gasteiger partial charge is 0.353 e. The van der Waals surface area contributed by atoms with E-state index in [9.17, 15) is 27.6 Å². The number of nitrogens with zero attached hydrogens (tertiary/aromatic N) is 3. The second-order valence-corrected chi connectivity index (χ2v) is 8.46. The van der Waals surface area contributed by atoms with Crippen LogP contribution >= 0.6 is 11.6 Å². The Balaban J connectivity index is 1.34. The number of carbonyl (C=O) groups is 3. The topological polar surface area (TPSA) is 118 Å². The molecule has 0 spiro atoms. The average molecular weight is 545 g/mol. The lowest BCUT2D eigenvalue weighted by molar-refractivity contribution is -0.141. The maximum absolute atomic E-state index is 12.9. The van der Waals surface area contributed by atoms with Gasteiger partial charge in [0, 0.05) is 30.2 Å². The van der Waals surface area contributed by atoms with Gasteiger partial charge in [-0.15, -0.1) is 0 Å². The number of carbonyl (C=O) groups excluding carboxylic acids is 3. The number of alkyl halides is 3. The lowest BCUT2D eigenvalue weighted by Crippen LogP contribution is -2.36. The molecule has 0 radical (unpaired) electrons. The van der Waals surface area contributed by atoms with Crippen molar-refractivity contribution >= 4 is 45.9 Å². The summed E-state index contributed by atoms with van der Waals surface area (Å²) < 4.78 is 40.1. The van der Waals surface area contributed by atoms with Gasteiger partial charge in [-0.05, 0) is 36.4 Å². The van der Waals surface area contributed by atoms with Crippen LogP contribution in [0.5, 0.6) is 0 Å². The summed E-state index contributed by atoms with van der Waals surface area (Å²) in [6.07, 6.45) is -3.13. The SMILES string of the molecule is O=C(Cn1cc2cc(NC(=O)c3cccc(C(F)(F)F)n3)c(Cl)cc2n1)NCCNC(=O)c1ccccc1. The first kappa shape index (κ1) is 26.6. The largest absolute Gasteiger partial charge is 0.433 e. The Kier molecular flexibility index (Phi) is 7.91. The van der Waals surface area contributed by atoms with Gasteiger partial charge >= 0.3 is 6.18 Å². The van der Waals surface area contributed by atoms with Crippen molar-refractivity contribution in [3.05, 3.63) is 88.8 Å². The Morgan fingerprint density at radius 1 is 0.921 bits per heavy atom. The molecule has 3 amide bonds. The summed E-state index contributed by atoms with van der Waals surface area (Å²) >= 11 is 6.23. The fourth-order valence-electron chi connectivity index (χ4n) is 3.45. The lowest BCUT2D eigenvalue weighted by atomic mass is 10.2. The fourth-order valence-corrected chi connectivity index (χ4v) is 3.66. The van der Waals surface area contributed by atoms with Gasteiger partial charge in [0.2, 0.25) is 5.91 Å². The van der Waals surface area contributed by atoms with Crippen LogP contribution in [-0.2, 0) is 17.5 Å². The van der Waals surface area contributed by atoms with Crippen LogP contribution in [0, 0.1) is 0 Å². The van der Waals surface area contributed by atoms with Crippen molar-refractivity contribution in [2.24, 2.45) is 0 Å². The van der Waals surface area contributed by atoms with E-state index in [2.05, 4.69) is 26.0 Å². The standard InChI is InChI=1S/C25H20ClF3N6O3/c26-17-12-19-16(11-20(17)33-24(38)18-7-4-8-21(32-18)25(27,28)29)13-35(34-19)14-22(36)30-9-10-31-23(37)15-5-2-1-3-6-15/h1-8,11-13H,9-10,14H2,(H,30,36)(H,31,37)(H,33,38). The Bertz CT molecular complexity index is 1490. The molecule has 0 unspecified atom stereocenters. The van der Waals surface area contributed by atoms with Crippen LogP contribution in [0.25, 0.3) is 10.9 Å². The number of hydrogen-bond acceptors (Lipinski definition) is 5. The molecule has 0 fully saturated rings. The number of aromatic nitrogens is 3. The highest BCUT2D eigenvalue weighted by Gasteiger charge is 2.33. The summed E-state index contributed by atoms with van der Waals surface area (Å²) in [6, 6.07) is 14.6. The molecular weight excluding hydrogens is 525 g/mol. The number of fused-ring (bicyclic) bond motifs is 1. The predicted octanol–water partition coefficient (Wildman–Crippen LogP) is 3.90. The zero-order valence-corrected chi connectivity index (χ0v) is 20.3. The highest BCUT2D eigenvalue weighted by molar-refractivity contribution is 6.34. The highest BCUT2D eigenvalue weighted by Crippen LogP contribution is 2.29. The number of benzene rings is 2. The first-order chi connectivity index (χ1) is 18.1. The predicted molar refractivity (Wildman–Crippen MR) is 134 cm³/mol. The molecule has 2 aromatic carbocycles. The van der Waals surface area contributed by atoms with Crippen LogP contribution in [0.15, 0.2) is 66.9 Å². The molecule has 0 atom stereocenters. The third kappa shape index (κ3) is 6.65. The second-order valence-electron chi connectivity index (χ2n) is 8.05. The van der Waals surface area contributed by atoms with Crippen LogP contribution in [0.4, 0.5) is 18.9 Å². The third-order valence-electron chi connectivity index (χ3n) is 5.24. The minimum atomic E-state index is -4.69. The number of anilines is 1. The number of rotatable bonds is 8. The molecule has 13 heteroatoms. The molecule has 4 aromatic rings. The number of amides is 3. The lowest BCUT2D eigenvalue weighted by Gasteiger charge is -2.09. The van der Waals surface area contributed by atoms with Crippen LogP contribution in [-0.4, -0.2) is 45.6 Å². The van der Waals surface area contributed by atoms with Crippen molar-refractivity contribution in [1.82, 2.24) is 25.4 Å². The molecule has 3 N–H and O–H groups in total. The van der Waals surface area contributed by atoms with Gasteiger partial charge in [-0.25, -0.2) is 4.98 Å². The summed E-state index contributed by atoms with van der Waals surface area (Å²) in [5.41, 5.74) is -0.523. The molecule has 2 aromatic heterocycles. The molecule has 9 nitrogen and oxygen atoms in total. The number of nitrogens with one attached hydrogen (secondary N) is 3. The first-order valence-electron chi connectivity index (χ1n) is 11.2. The summed E-state index contributed by atoms with van der Waals surface area (Å²) in [6.45, 7) is 0.332. The Hall–Kier alpha value is -4.45. The minimum Gasteiger partial charge on any atom is -0.353 e. The van der Waals surface area contributed by atoms with Crippen molar-refractivity contribution in [3.8, 4) is 0 Å². The zero-order valence-electron chi connectivity index (χ0n) is 19.6. The third-order valence-corrected chi connectivity index (χ3v) is 5.55. The molecule has 2 heterocycles. The minimum absolute atomic E-state index is 0.0988. The van der Waals surface area contributed by atoms with Gasteiger partial charge < -0.3 is 16.0 Å². The molecule has 38 heavy (non-hydrogen) atoms. The van der Waals surface area contributed by atoms with E-state index < -0.39 is 23.5 Å². The van der Waals surface area contributed by atoms with Crippen LogP contribution in [0.2, 0.25) is 5.02 Å². The van der Waals surface area contributed by atoms with Crippen molar-refractivity contribution in [2.45, 2.75) is 12.7 Å². The molecule has 0 aliphatic heterocycles. The summed E-state index contributed by atoms with van der Waals surface area (Å²) in [7, 11) is 0. The van der Waals surface area contributed by atoms with Crippen molar-refractivity contribution < 1.29 is 27.6 Å². The van der Waals surface area contributed by atoms with Gasteiger partial charge in [-0.2, -0.15) is 18.3 Å². The highest BCUT2D eigenvalue weighted by atomic mass is 35.5. The van der Waals surface area contributed by atoms with E-state index in [1.54, 1.807) is 36.5 Å². The molecule has 0 saturated heterocycles. The Labute approximate surface area is 219 Å². The van der Waals surface area contributed by atoms with E-state index in [0.717, 1.165) is 18.2 Å². The number of halogens is 4. The summed E-state index contributed by atoms with van der Waals surface area (Å²) in [5.74, 6) is -1.47. The summed E-state index contributed by atoms with van der Waals surface area (Å²) in [4.78, 5) is 40.1. The van der Waals surface area contributed by atoms with E-state index in [-0.39, 0.29) is 42.2 Å². The van der Waals surface area contributed by atoms with Gasteiger partial charge in [0.25, 0.3) is 11.8 Å². The molecular formula is C25H20ClF3N6O3. The van der Waals surface area contributed by atoms with Crippen molar-refractivity contribution in [2.75, 3.05) is 18.4 Å². The van der Waals surface area contributed by atoms with Gasteiger partial charge in [0.1, 0.15) is 17.9 Å². The van der Waals surface area contributed by atoms with Crippen LogP contribution in [0.1, 0.15) is 26.5 Å². The second kappa shape index (κ2) is 11.3. The number of pyridine rings is 1. The Morgan fingerprint density at radius 2 is 1.66 bits per heavy atom. The van der Waals surface area contributed by atoms with Gasteiger partial charge in [-0.1, -0.05) is 35.9 Å². The van der Waals surface area contributed by atoms with Gasteiger partial charge in [-0.3, -0.25) is 19.1 Å². The number of hydrogen-bond donors (Lipinski definition) is 3. The average Bonchev–Trinajstić information content (AvgIpc) is 3.27. The zero-order chi connectivity index (χ0) is 27.3. The maximum Gasteiger partial charge on any atom is 0.433 e. The monoisotopic (exact) mass is 544 g/mol. The molecule has 196 valence electrons. The molecule has 0 aliphatic carbocycles. The van der Waals surface area contributed by atoms with E-state index in [1.807, 2.05) is 0 Å². The fraction of sp³-hybridized carbons (Fsp3) is 0.160. The van der Waals surface area contributed by atoms with E-state index >= 15 is 0 Å². The summed E-state index contributed by atoms with van der Waals surface area (Å²) in [5, 5.41) is 12.7. The van der Waals surface area contributed by atoms with Crippen LogP contribution in [0.3, 0.4) is 0 Å². The molecule has 0 bridgehead atoms. The maximum atomic E-state index is 12.9. The van der Waals surface area contributed by atoms with Gasteiger partial charge in [0.15, 0.2) is 0 Å². The quantitative estimate of drug-likeness (QED) is 0.291. The van der Waals surface area contributed by atoms with E-state index in [4.69, 9.17) is 11.6 Å². The van der Waals surface area contributed by atoms with Crippen molar-refractivity contribution in [1.29, 1.82) is 0 Å². The van der Waals surface area contributed by atoms with E-state index in [1.165, 1.54) is 16.8 Å². The molecule has 0 saturated carbocycles. The van der Waals surface area contributed by atoms with E-state index in [0.29, 0.717) is 16.5 Å². The first-order valence-corrected chi connectivity index (χ1v) is 11.6. The Morgan fingerprint density at radius 3 is 2.39 bits per heavy atom. The van der Waals surface area contributed by atoms with Gasteiger partial charge in [0.05, 0.1) is 16.2 Å². The molecule has 0 aliphatic rings. The van der Waals surface area contributed by atoms with Crippen LogP contribution < -0.4 is 16.0 Å². The molecule has 4 rings (SSSR count).